The number of quaternary nitrogens is 1. The summed E-state index contributed by atoms with van der Waals surface area (Å²) in [5.41, 5.74) is 0.246. The molecule has 0 aliphatic carbocycles. The molecule has 2 N–H and O–H groups in total. The van der Waals surface area contributed by atoms with E-state index in [1.54, 1.807) is 6.07 Å². The number of aromatic carboxylic acids is 1. The quantitative estimate of drug-likeness (QED) is 0.317. The first-order valence-corrected chi connectivity index (χ1v) is 10.9. The molecule has 0 atom stereocenters. The summed E-state index contributed by atoms with van der Waals surface area (Å²) in [6.45, 7) is 0.728. The van der Waals surface area contributed by atoms with Gasteiger partial charge in [0.2, 0.25) is 0 Å². The van der Waals surface area contributed by atoms with Crippen molar-refractivity contribution in [2.45, 2.75) is 13.0 Å². The summed E-state index contributed by atoms with van der Waals surface area (Å²) < 4.78 is 38.0. The van der Waals surface area contributed by atoms with Crippen LogP contribution in [-0.2, 0) is 16.7 Å². The number of phenolic OH excluding ortho intramolecular Hbond substituents is 1. The molecule has 2 aromatic carbocycles. The number of methoxy groups -OCH3 is 1. The van der Waals surface area contributed by atoms with Crippen LogP contribution >= 0.6 is 0 Å². The van der Waals surface area contributed by atoms with E-state index in [-0.39, 0.29) is 28.9 Å². The highest BCUT2D eigenvalue weighted by Crippen LogP contribution is 2.34. The lowest BCUT2D eigenvalue weighted by atomic mass is 9.95. The summed E-state index contributed by atoms with van der Waals surface area (Å²) in [5, 5.41) is 19.9. The number of benzene rings is 2. The van der Waals surface area contributed by atoms with Gasteiger partial charge in [0.05, 0.1) is 49.0 Å². The topological polar surface area (TPSA) is 141 Å². The molecule has 0 aliphatic rings. The van der Waals surface area contributed by atoms with Crippen molar-refractivity contribution < 1.29 is 42.0 Å². The Bertz CT molecular complexity index is 1090. The second-order valence-corrected chi connectivity index (χ2v) is 9.33. The van der Waals surface area contributed by atoms with E-state index in [2.05, 4.69) is 0 Å². The van der Waals surface area contributed by atoms with Crippen LogP contribution in [0, 0.1) is 0 Å². The SMILES string of the molecule is COc1cc(C[N+](C)(C)CCCS(=O)(=O)[O-])cc(C(=O)c2ccccc2C(=O)O)c1O. The van der Waals surface area contributed by atoms with Crippen molar-refractivity contribution in [2.75, 3.05) is 33.5 Å². The Morgan fingerprint density at radius 3 is 2.26 bits per heavy atom. The van der Waals surface area contributed by atoms with Crippen LogP contribution in [0.25, 0.3) is 0 Å². The Labute approximate surface area is 180 Å². The number of aromatic hydroxyl groups is 1. The number of carboxylic acid groups (broad SMARTS) is 1. The first-order valence-electron chi connectivity index (χ1n) is 9.37. The molecule has 31 heavy (non-hydrogen) atoms. The van der Waals surface area contributed by atoms with Crippen LogP contribution in [0.1, 0.15) is 38.3 Å². The molecule has 0 amide bonds. The largest absolute Gasteiger partial charge is 0.748 e. The maximum atomic E-state index is 13.1. The number of carboxylic acids is 1. The molecule has 0 aliphatic heterocycles. The van der Waals surface area contributed by atoms with Crippen LogP contribution in [-0.4, -0.2) is 72.9 Å². The van der Waals surface area contributed by atoms with Gasteiger partial charge in [0.15, 0.2) is 17.3 Å². The third kappa shape index (κ3) is 6.51. The zero-order valence-corrected chi connectivity index (χ0v) is 18.3. The number of hydrogen-bond acceptors (Lipinski definition) is 7. The third-order valence-electron chi connectivity index (χ3n) is 4.77. The molecule has 0 spiro atoms. The van der Waals surface area contributed by atoms with Crippen LogP contribution in [0.5, 0.6) is 11.5 Å². The van der Waals surface area contributed by atoms with Gasteiger partial charge in [0, 0.05) is 23.3 Å². The summed E-state index contributed by atoms with van der Waals surface area (Å²) in [7, 11) is 0.692. The fraction of sp³-hybridized carbons (Fsp3) is 0.333. The van der Waals surface area contributed by atoms with Crippen molar-refractivity contribution in [1.29, 1.82) is 0 Å². The van der Waals surface area contributed by atoms with Gasteiger partial charge in [-0.25, -0.2) is 13.2 Å². The Kier molecular flexibility index (Phi) is 7.42. The van der Waals surface area contributed by atoms with Crippen LogP contribution in [0.3, 0.4) is 0 Å². The average molecular weight is 451 g/mol. The van der Waals surface area contributed by atoms with E-state index in [0.29, 0.717) is 23.1 Å². The van der Waals surface area contributed by atoms with E-state index in [4.69, 9.17) is 4.74 Å². The zero-order valence-electron chi connectivity index (χ0n) is 17.5. The molecule has 0 bridgehead atoms. The van der Waals surface area contributed by atoms with Crippen molar-refractivity contribution in [3.63, 3.8) is 0 Å². The molecule has 9 nitrogen and oxygen atoms in total. The minimum absolute atomic E-state index is 0.0517. The van der Waals surface area contributed by atoms with E-state index >= 15 is 0 Å². The van der Waals surface area contributed by atoms with Gasteiger partial charge in [-0.15, -0.1) is 0 Å². The van der Waals surface area contributed by atoms with E-state index in [1.165, 1.54) is 37.4 Å². The molecule has 10 heteroatoms. The lowest BCUT2D eigenvalue weighted by Gasteiger charge is -2.30. The highest BCUT2D eigenvalue weighted by atomic mass is 32.2. The van der Waals surface area contributed by atoms with E-state index < -0.39 is 33.4 Å². The number of carbonyl (C=O) groups is 2. The van der Waals surface area contributed by atoms with Gasteiger partial charge in [0.25, 0.3) is 0 Å². The van der Waals surface area contributed by atoms with Gasteiger partial charge in [-0.2, -0.15) is 0 Å². The third-order valence-corrected chi connectivity index (χ3v) is 5.56. The van der Waals surface area contributed by atoms with Crippen LogP contribution < -0.4 is 4.74 Å². The monoisotopic (exact) mass is 451 g/mol. The maximum absolute atomic E-state index is 13.1. The Balaban J connectivity index is 2.40. The number of ether oxygens (including phenoxy) is 1. The minimum atomic E-state index is -4.30. The number of carbonyl (C=O) groups excluding carboxylic acids is 1. The van der Waals surface area contributed by atoms with Gasteiger partial charge in [-0.1, -0.05) is 18.2 Å². The van der Waals surface area contributed by atoms with Gasteiger partial charge in [-0.05, 0) is 18.2 Å². The Morgan fingerprint density at radius 2 is 1.71 bits per heavy atom. The van der Waals surface area contributed by atoms with Crippen molar-refractivity contribution >= 4 is 21.9 Å². The summed E-state index contributed by atoms with van der Waals surface area (Å²) in [6.07, 6.45) is 0.172. The number of ketones is 1. The molecule has 0 heterocycles. The molecule has 2 aromatic rings. The molecule has 0 saturated carbocycles. The van der Waals surface area contributed by atoms with E-state index in [1.807, 2.05) is 14.1 Å². The Morgan fingerprint density at radius 1 is 1.10 bits per heavy atom. The Hall–Kier alpha value is -2.95. The van der Waals surface area contributed by atoms with Gasteiger partial charge < -0.3 is 24.0 Å². The fourth-order valence-electron chi connectivity index (χ4n) is 3.34. The molecular weight excluding hydrogens is 426 g/mol. The van der Waals surface area contributed by atoms with Crippen molar-refractivity contribution in [2.24, 2.45) is 0 Å². The van der Waals surface area contributed by atoms with Gasteiger partial charge in [0.1, 0.15) is 6.54 Å². The van der Waals surface area contributed by atoms with E-state index in [9.17, 15) is 32.8 Å². The normalized spacial score (nSPS) is 11.9. The first-order chi connectivity index (χ1) is 14.3. The molecule has 0 fully saturated rings. The van der Waals surface area contributed by atoms with Crippen molar-refractivity contribution in [3.05, 3.63) is 58.7 Å². The second-order valence-electron chi connectivity index (χ2n) is 7.81. The highest BCUT2D eigenvalue weighted by Gasteiger charge is 2.25. The number of rotatable bonds is 10. The van der Waals surface area contributed by atoms with E-state index in [0.717, 1.165) is 0 Å². The summed E-state index contributed by atoms with van der Waals surface area (Å²) >= 11 is 0. The number of hydrogen-bond donors (Lipinski definition) is 2. The molecular formula is C21H25NO8S. The molecule has 168 valence electrons. The van der Waals surface area contributed by atoms with Crippen LogP contribution in [0.2, 0.25) is 0 Å². The molecule has 0 aromatic heterocycles. The molecule has 2 rings (SSSR count). The number of phenols is 1. The lowest BCUT2D eigenvalue weighted by molar-refractivity contribution is -0.903. The summed E-state index contributed by atoms with van der Waals surface area (Å²) in [5.74, 6) is -2.76. The zero-order chi connectivity index (χ0) is 23.4. The van der Waals surface area contributed by atoms with Crippen LogP contribution in [0.15, 0.2) is 36.4 Å². The highest BCUT2D eigenvalue weighted by molar-refractivity contribution is 7.85. The van der Waals surface area contributed by atoms with Gasteiger partial charge >= 0.3 is 5.97 Å². The maximum Gasteiger partial charge on any atom is 0.336 e. The summed E-state index contributed by atoms with van der Waals surface area (Å²) in [6, 6.07) is 8.72. The molecule has 0 radical (unpaired) electrons. The second kappa shape index (κ2) is 9.46. The lowest BCUT2D eigenvalue weighted by Crippen LogP contribution is -2.40. The average Bonchev–Trinajstić information content (AvgIpc) is 2.67. The predicted octanol–water partition coefficient (Wildman–Crippen LogP) is 1.84. The van der Waals surface area contributed by atoms with Crippen LogP contribution in [0.4, 0.5) is 0 Å². The molecule has 0 unspecified atom stereocenters. The van der Waals surface area contributed by atoms with Crippen molar-refractivity contribution in [1.82, 2.24) is 0 Å². The predicted molar refractivity (Wildman–Crippen MR) is 111 cm³/mol. The standard InChI is InChI=1S/C21H25NO8S/c1-22(2,9-6-10-31(27,28)29)13-14-11-17(20(24)18(12-14)30-3)19(23)15-7-4-5-8-16(15)21(25)26/h4-5,7-8,11-12H,6,9-10,13H2,1-3H3,(H2-,23,24,25,26,27,28,29). The van der Waals surface area contributed by atoms with Gasteiger partial charge in [-0.3, -0.25) is 4.79 Å². The number of nitrogens with zero attached hydrogens (tertiary/aromatic N) is 1. The summed E-state index contributed by atoms with van der Waals surface area (Å²) in [4.78, 5) is 24.6. The minimum Gasteiger partial charge on any atom is -0.748 e. The molecule has 0 saturated heterocycles. The first kappa shape index (κ1) is 24.3. The fourth-order valence-corrected chi connectivity index (χ4v) is 3.82. The smallest absolute Gasteiger partial charge is 0.336 e. The van der Waals surface area contributed by atoms with Crippen molar-refractivity contribution in [3.8, 4) is 11.5 Å².